The van der Waals surface area contributed by atoms with Crippen molar-refractivity contribution in [3.63, 3.8) is 0 Å². The zero-order valence-corrected chi connectivity index (χ0v) is 16.9. The van der Waals surface area contributed by atoms with Gasteiger partial charge in [0, 0.05) is 31.3 Å². The molecule has 0 heterocycles. The summed E-state index contributed by atoms with van der Waals surface area (Å²) in [5.74, 6) is -0.450. The fraction of sp³-hybridized carbons (Fsp3) is 0.500. The molecular weight excluding hydrogens is 360 g/mol. The van der Waals surface area contributed by atoms with Crippen molar-refractivity contribution in [3.05, 3.63) is 29.8 Å². The van der Waals surface area contributed by atoms with Gasteiger partial charge < -0.3 is 10.1 Å². The second-order valence-electron chi connectivity index (χ2n) is 7.33. The Bertz CT molecular complexity index is 734. The van der Waals surface area contributed by atoms with Gasteiger partial charge in [0.05, 0.1) is 0 Å². The van der Waals surface area contributed by atoms with E-state index in [0.29, 0.717) is 30.6 Å². The summed E-state index contributed by atoms with van der Waals surface area (Å²) in [5.41, 5.74) is 0.301. The Balaban J connectivity index is 2.38. The third-order valence-corrected chi connectivity index (χ3v) is 3.65. The molecule has 1 rings (SSSR count). The maximum Gasteiger partial charge on any atom is 0.412 e. The number of benzene rings is 1. The van der Waals surface area contributed by atoms with E-state index in [2.05, 4.69) is 10.6 Å². The van der Waals surface area contributed by atoms with Crippen LogP contribution in [-0.2, 0) is 9.53 Å². The molecule has 0 saturated heterocycles. The van der Waals surface area contributed by atoms with Crippen LogP contribution in [0.5, 0.6) is 0 Å². The van der Waals surface area contributed by atoms with E-state index in [1.54, 1.807) is 51.2 Å². The van der Waals surface area contributed by atoms with Crippen LogP contribution in [-0.4, -0.2) is 42.0 Å². The summed E-state index contributed by atoms with van der Waals surface area (Å²) >= 11 is 0. The van der Waals surface area contributed by atoms with E-state index in [0.717, 1.165) is 17.7 Å². The van der Waals surface area contributed by atoms with Crippen molar-refractivity contribution in [2.75, 3.05) is 18.9 Å². The van der Waals surface area contributed by atoms with Crippen LogP contribution in [0.25, 0.3) is 0 Å². The summed E-state index contributed by atoms with van der Waals surface area (Å²) in [6, 6.07) is 6.59. The van der Waals surface area contributed by atoms with Gasteiger partial charge in [-0.05, 0) is 51.8 Å². The van der Waals surface area contributed by atoms with E-state index in [1.807, 2.05) is 0 Å². The van der Waals surface area contributed by atoms with Gasteiger partial charge in [-0.1, -0.05) is 12.5 Å². The van der Waals surface area contributed by atoms with Crippen molar-refractivity contribution in [3.8, 4) is 6.19 Å². The molecule has 2 N–H and O–H groups in total. The maximum atomic E-state index is 12.2. The van der Waals surface area contributed by atoms with Crippen LogP contribution in [0.3, 0.4) is 0 Å². The molecule has 0 spiro atoms. The lowest BCUT2D eigenvalue weighted by Gasteiger charge is -2.19. The normalized spacial score (nSPS) is 10.5. The molecule has 0 aliphatic carbocycles. The SMILES string of the molecule is CN(C#N)C(=O)CCCCCNC(=O)c1cccc(NC(=O)OC(C)(C)C)c1. The Morgan fingerprint density at radius 3 is 2.54 bits per heavy atom. The number of carbonyl (C=O) groups is 3. The van der Waals surface area contributed by atoms with Crippen molar-refractivity contribution in [2.24, 2.45) is 0 Å². The molecular formula is C20H28N4O4. The third-order valence-electron chi connectivity index (χ3n) is 3.65. The zero-order chi connectivity index (χ0) is 21.2. The van der Waals surface area contributed by atoms with Gasteiger partial charge in [0.2, 0.25) is 5.91 Å². The first-order chi connectivity index (χ1) is 13.1. The van der Waals surface area contributed by atoms with E-state index < -0.39 is 11.7 Å². The summed E-state index contributed by atoms with van der Waals surface area (Å²) in [5, 5.41) is 14.0. The number of hydrogen-bond donors (Lipinski definition) is 2. The van der Waals surface area contributed by atoms with Crippen LogP contribution in [0, 0.1) is 11.5 Å². The minimum Gasteiger partial charge on any atom is -0.444 e. The lowest BCUT2D eigenvalue weighted by Crippen LogP contribution is -2.27. The second kappa shape index (κ2) is 10.9. The van der Waals surface area contributed by atoms with Gasteiger partial charge in [0.25, 0.3) is 5.91 Å². The van der Waals surface area contributed by atoms with E-state index in [-0.39, 0.29) is 11.8 Å². The van der Waals surface area contributed by atoms with Gasteiger partial charge in [-0.2, -0.15) is 5.26 Å². The molecule has 0 aliphatic rings. The molecule has 1 aromatic rings. The van der Waals surface area contributed by atoms with Crippen LogP contribution in [0.2, 0.25) is 0 Å². The van der Waals surface area contributed by atoms with Gasteiger partial charge in [-0.15, -0.1) is 0 Å². The first kappa shape index (κ1) is 23.0. The summed E-state index contributed by atoms with van der Waals surface area (Å²) in [7, 11) is 1.44. The topological polar surface area (TPSA) is 112 Å². The van der Waals surface area contributed by atoms with Gasteiger partial charge in [-0.25, -0.2) is 4.79 Å². The predicted octanol–water partition coefficient (Wildman–Crippen LogP) is 3.26. The molecule has 0 saturated carbocycles. The van der Waals surface area contributed by atoms with Gasteiger partial charge in [0.15, 0.2) is 6.19 Å². The number of carbonyl (C=O) groups excluding carboxylic acids is 3. The van der Waals surface area contributed by atoms with E-state index in [4.69, 9.17) is 10.00 Å². The molecule has 0 atom stereocenters. The molecule has 1 aromatic carbocycles. The van der Waals surface area contributed by atoms with Crippen molar-refractivity contribution in [1.82, 2.24) is 10.2 Å². The first-order valence-electron chi connectivity index (χ1n) is 9.17. The fourth-order valence-corrected chi connectivity index (χ4v) is 2.27. The number of hydrogen-bond acceptors (Lipinski definition) is 5. The number of nitrogens with zero attached hydrogens (tertiary/aromatic N) is 2. The number of unbranched alkanes of at least 4 members (excludes halogenated alkanes) is 2. The molecule has 0 fully saturated rings. The number of anilines is 1. The molecule has 152 valence electrons. The first-order valence-corrected chi connectivity index (χ1v) is 9.17. The van der Waals surface area contributed by atoms with Gasteiger partial charge in [0.1, 0.15) is 5.60 Å². The molecule has 0 unspecified atom stereocenters. The Morgan fingerprint density at radius 2 is 1.89 bits per heavy atom. The van der Waals surface area contributed by atoms with Crippen molar-refractivity contribution < 1.29 is 19.1 Å². The molecule has 8 heteroatoms. The Labute approximate surface area is 165 Å². The van der Waals surface area contributed by atoms with Gasteiger partial charge >= 0.3 is 6.09 Å². The Morgan fingerprint density at radius 1 is 1.18 bits per heavy atom. The van der Waals surface area contributed by atoms with Crippen molar-refractivity contribution in [1.29, 1.82) is 5.26 Å². The number of nitriles is 1. The minimum absolute atomic E-state index is 0.208. The zero-order valence-electron chi connectivity index (χ0n) is 16.9. The van der Waals surface area contributed by atoms with Crippen molar-refractivity contribution >= 4 is 23.6 Å². The molecule has 0 aromatic heterocycles. The molecule has 0 radical (unpaired) electrons. The third kappa shape index (κ3) is 9.03. The summed E-state index contributed by atoms with van der Waals surface area (Å²) in [4.78, 5) is 36.5. The standard InChI is InChI=1S/C20H28N4O4/c1-20(2,3)28-19(27)23-16-10-8-9-15(13-16)18(26)22-12-7-5-6-11-17(25)24(4)14-21/h8-10,13H,5-7,11-12H2,1-4H3,(H,22,26)(H,23,27). The number of ether oxygens (including phenoxy) is 1. The van der Waals surface area contributed by atoms with Crippen LogP contribution >= 0.6 is 0 Å². The highest BCUT2D eigenvalue weighted by atomic mass is 16.6. The lowest BCUT2D eigenvalue weighted by atomic mass is 10.1. The highest BCUT2D eigenvalue weighted by molar-refractivity contribution is 5.96. The second-order valence-corrected chi connectivity index (χ2v) is 7.33. The van der Waals surface area contributed by atoms with Crippen LogP contribution in [0.4, 0.5) is 10.5 Å². The highest BCUT2D eigenvalue weighted by Crippen LogP contribution is 2.14. The van der Waals surface area contributed by atoms with Crippen LogP contribution in [0.15, 0.2) is 24.3 Å². The fourth-order valence-electron chi connectivity index (χ4n) is 2.27. The summed E-state index contributed by atoms with van der Waals surface area (Å²) < 4.78 is 5.19. The quantitative estimate of drug-likeness (QED) is 0.403. The highest BCUT2D eigenvalue weighted by Gasteiger charge is 2.16. The Hall–Kier alpha value is -3.08. The largest absolute Gasteiger partial charge is 0.444 e. The maximum absolute atomic E-state index is 12.2. The average molecular weight is 388 g/mol. The lowest BCUT2D eigenvalue weighted by molar-refractivity contribution is -0.127. The molecule has 0 bridgehead atoms. The summed E-state index contributed by atoms with van der Waals surface area (Å²) in [6.45, 7) is 5.79. The molecule has 8 nitrogen and oxygen atoms in total. The van der Waals surface area contributed by atoms with E-state index >= 15 is 0 Å². The number of rotatable bonds is 8. The van der Waals surface area contributed by atoms with E-state index in [1.165, 1.54) is 7.05 Å². The molecule has 28 heavy (non-hydrogen) atoms. The minimum atomic E-state index is -0.603. The number of amides is 3. The average Bonchev–Trinajstić information content (AvgIpc) is 2.61. The van der Waals surface area contributed by atoms with Crippen LogP contribution < -0.4 is 10.6 Å². The van der Waals surface area contributed by atoms with Crippen LogP contribution in [0.1, 0.15) is 56.8 Å². The Kier molecular flexibility index (Phi) is 8.96. The predicted molar refractivity (Wildman–Crippen MR) is 105 cm³/mol. The summed E-state index contributed by atoms with van der Waals surface area (Å²) in [6.07, 6.45) is 3.66. The molecule has 0 aliphatic heterocycles. The molecule has 3 amide bonds. The van der Waals surface area contributed by atoms with Crippen molar-refractivity contribution in [2.45, 2.75) is 52.1 Å². The number of nitrogens with one attached hydrogen (secondary N) is 2. The van der Waals surface area contributed by atoms with Gasteiger partial charge in [-0.3, -0.25) is 19.8 Å². The monoisotopic (exact) mass is 388 g/mol. The van der Waals surface area contributed by atoms with E-state index in [9.17, 15) is 14.4 Å². The smallest absolute Gasteiger partial charge is 0.412 e.